The molecule has 3 amide bonds. The number of carbonyl (C=O) groups is 2. The van der Waals surface area contributed by atoms with E-state index in [-0.39, 0.29) is 11.9 Å². The van der Waals surface area contributed by atoms with Crippen LogP contribution in [-0.4, -0.2) is 23.5 Å². The van der Waals surface area contributed by atoms with Crippen LogP contribution in [0.15, 0.2) is 23.6 Å². The molecule has 0 fully saturated rings. The Balaban J connectivity index is 1.86. The first-order valence-electron chi connectivity index (χ1n) is 7.84. The number of thiazole rings is 1. The molecule has 3 N–H and O–H groups in total. The summed E-state index contributed by atoms with van der Waals surface area (Å²) >= 11 is 1.65. The molecule has 0 radical (unpaired) electrons. The van der Waals surface area contributed by atoms with Gasteiger partial charge in [0.1, 0.15) is 0 Å². The summed E-state index contributed by atoms with van der Waals surface area (Å²) in [7, 11) is 0. The standard InChI is InChI=1S/C17H22N4O2S/c1-4-16-20-14(10-24-16)7-8-18-17(23)21-15-9-13(19-12(3)22)6-5-11(15)2/h5-6,9-10H,4,7-8H2,1-3H3,(H,19,22)(H2,18,21,23). The third-order valence-electron chi connectivity index (χ3n) is 3.37. The Labute approximate surface area is 145 Å². The minimum absolute atomic E-state index is 0.149. The highest BCUT2D eigenvalue weighted by Crippen LogP contribution is 2.20. The zero-order chi connectivity index (χ0) is 17.5. The van der Waals surface area contributed by atoms with Gasteiger partial charge in [-0.1, -0.05) is 13.0 Å². The maximum atomic E-state index is 12.0. The molecule has 0 spiro atoms. The molecule has 0 saturated carbocycles. The summed E-state index contributed by atoms with van der Waals surface area (Å²) in [6, 6.07) is 5.11. The number of aromatic nitrogens is 1. The second kappa shape index (κ2) is 8.44. The molecule has 1 aromatic carbocycles. The normalized spacial score (nSPS) is 10.3. The molecule has 128 valence electrons. The lowest BCUT2D eigenvalue weighted by Crippen LogP contribution is -2.30. The Morgan fingerprint density at radius 1 is 1.25 bits per heavy atom. The number of hydrogen-bond acceptors (Lipinski definition) is 4. The van der Waals surface area contributed by atoms with Crippen molar-refractivity contribution >= 4 is 34.6 Å². The highest BCUT2D eigenvalue weighted by molar-refractivity contribution is 7.09. The second-order valence-electron chi connectivity index (χ2n) is 5.43. The number of nitrogens with one attached hydrogen (secondary N) is 3. The predicted molar refractivity (Wildman–Crippen MR) is 97.7 cm³/mol. The maximum Gasteiger partial charge on any atom is 0.319 e. The van der Waals surface area contributed by atoms with Crippen molar-refractivity contribution in [2.75, 3.05) is 17.2 Å². The van der Waals surface area contributed by atoms with Gasteiger partial charge in [0.25, 0.3) is 0 Å². The Morgan fingerprint density at radius 3 is 2.71 bits per heavy atom. The fourth-order valence-corrected chi connectivity index (χ4v) is 2.91. The topological polar surface area (TPSA) is 83.1 Å². The van der Waals surface area contributed by atoms with Crippen LogP contribution in [-0.2, 0) is 17.6 Å². The predicted octanol–water partition coefficient (Wildman–Crippen LogP) is 3.34. The van der Waals surface area contributed by atoms with Crippen molar-refractivity contribution in [1.29, 1.82) is 0 Å². The van der Waals surface area contributed by atoms with Crippen molar-refractivity contribution in [3.8, 4) is 0 Å². The van der Waals surface area contributed by atoms with E-state index in [4.69, 9.17) is 0 Å². The molecule has 0 bridgehead atoms. The van der Waals surface area contributed by atoms with Gasteiger partial charge in [-0.2, -0.15) is 0 Å². The molecule has 0 aliphatic heterocycles. The van der Waals surface area contributed by atoms with E-state index in [2.05, 4.69) is 27.9 Å². The molecule has 0 unspecified atom stereocenters. The van der Waals surface area contributed by atoms with Gasteiger partial charge in [-0.05, 0) is 31.0 Å². The zero-order valence-electron chi connectivity index (χ0n) is 14.1. The molecule has 0 aliphatic rings. The number of amides is 3. The Bertz CT molecular complexity index is 727. The van der Waals surface area contributed by atoms with Crippen LogP contribution in [0.4, 0.5) is 16.2 Å². The smallest absolute Gasteiger partial charge is 0.319 e. The summed E-state index contributed by atoms with van der Waals surface area (Å²) in [5.74, 6) is -0.149. The summed E-state index contributed by atoms with van der Waals surface area (Å²) < 4.78 is 0. The van der Waals surface area contributed by atoms with Crippen molar-refractivity contribution in [1.82, 2.24) is 10.3 Å². The van der Waals surface area contributed by atoms with Crippen LogP contribution in [0.2, 0.25) is 0 Å². The highest BCUT2D eigenvalue weighted by atomic mass is 32.1. The number of rotatable bonds is 6. The van der Waals surface area contributed by atoms with E-state index in [1.165, 1.54) is 6.92 Å². The average Bonchev–Trinajstić information content (AvgIpc) is 2.98. The van der Waals surface area contributed by atoms with Crippen LogP contribution < -0.4 is 16.0 Å². The monoisotopic (exact) mass is 346 g/mol. The molecule has 24 heavy (non-hydrogen) atoms. The Morgan fingerprint density at radius 2 is 2.04 bits per heavy atom. The first-order valence-corrected chi connectivity index (χ1v) is 8.72. The number of carbonyl (C=O) groups excluding carboxylic acids is 2. The molecule has 0 atom stereocenters. The van der Waals surface area contributed by atoms with Gasteiger partial charge < -0.3 is 16.0 Å². The summed E-state index contributed by atoms with van der Waals surface area (Å²) in [4.78, 5) is 27.6. The van der Waals surface area contributed by atoms with Crippen molar-refractivity contribution < 1.29 is 9.59 Å². The van der Waals surface area contributed by atoms with Gasteiger partial charge in [0.2, 0.25) is 5.91 Å². The van der Waals surface area contributed by atoms with Gasteiger partial charge in [-0.25, -0.2) is 9.78 Å². The largest absolute Gasteiger partial charge is 0.337 e. The van der Waals surface area contributed by atoms with E-state index in [9.17, 15) is 9.59 Å². The lowest BCUT2D eigenvalue weighted by Gasteiger charge is -2.11. The molecule has 0 saturated heterocycles. The molecule has 1 aromatic heterocycles. The molecule has 6 nitrogen and oxygen atoms in total. The molecule has 7 heteroatoms. The molecule has 0 aliphatic carbocycles. The van der Waals surface area contributed by atoms with E-state index < -0.39 is 0 Å². The van der Waals surface area contributed by atoms with Gasteiger partial charge in [-0.15, -0.1) is 11.3 Å². The minimum Gasteiger partial charge on any atom is -0.337 e. The van der Waals surface area contributed by atoms with Gasteiger partial charge in [0.05, 0.1) is 10.7 Å². The number of nitrogens with zero attached hydrogens (tertiary/aromatic N) is 1. The van der Waals surface area contributed by atoms with Crippen molar-refractivity contribution in [3.05, 3.63) is 39.8 Å². The summed E-state index contributed by atoms with van der Waals surface area (Å²) in [5.41, 5.74) is 3.24. The van der Waals surface area contributed by atoms with Gasteiger partial charge >= 0.3 is 6.03 Å². The van der Waals surface area contributed by atoms with Crippen molar-refractivity contribution in [2.45, 2.75) is 33.6 Å². The average molecular weight is 346 g/mol. The first-order chi connectivity index (χ1) is 11.5. The van der Waals surface area contributed by atoms with Crippen molar-refractivity contribution in [2.24, 2.45) is 0 Å². The third-order valence-corrected chi connectivity index (χ3v) is 4.42. The van der Waals surface area contributed by atoms with Crippen LogP contribution in [0.5, 0.6) is 0 Å². The number of hydrogen-bond donors (Lipinski definition) is 3. The second-order valence-corrected chi connectivity index (χ2v) is 6.37. The van der Waals surface area contributed by atoms with Crippen LogP contribution in [0.3, 0.4) is 0 Å². The molecular weight excluding hydrogens is 324 g/mol. The van der Waals surface area contributed by atoms with Gasteiger partial charge in [-0.3, -0.25) is 4.79 Å². The number of benzene rings is 1. The number of aryl methyl sites for hydroxylation is 2. The summed E-state index contributed by atoms with van der Waals surface area (Å²) in [6.07, 6.45) is 1.64. The van der Waals surface area contributed by atoms with Gasteiger partial charge in [0.15, 0.2) is 0 Å². The van der Waals surface area contributed by atoms with E-state index in [1.54, 1.807) is 23.5 Å². The lowest BCUT2D eigenvalue weighted by atomic mass is 10.2. The molecule has 2 rings (SSSR count). The molecule has 2 aromatic rings. The third kappa shape index (κ3) is 5.34. The van der Waals surface area contributed by atoms with Crippen LogP contribution in [0.1, 0.15) is 30.1 Å². The SMILES string of the molecule is CCc1nc(CCNC(=O)Nc2cc(NC(C)=O)ccc2C)cs1. The molecular formula is C17H22N4O2S. The van der Waals surface area contributed by atoms with E-state index in [1.807, 2.05) is 18.4 Å². The Kier molecular flexibility index (Phi) is 6.31. The summed E-state index contributed by atoms with van der Waals surface area (Å²) in [5, 5.41) is 11.5. The number of anilines is 2. The summed E-state index contributed by atoms with van der Waals surface area (Å²) in [6.45, 7) is 5.94. The fourth-order valence-electron chi connectivity index (χ4n) is 2.13. The lowest BCUT2D eigenvalue weighted by molar-refractivity contribution is -0.114. The van der Waals surface area contributed by atoms with Crippen LogP contribution in [0, 0.1) is 6.92 Å². The fraction of sp³-hybridized carbons (Fsp3) is 0.353. The van der Waals surface area contributed by atoms with Crippen molar-refractivity contribution in [3.63, 3.8) is 0 Å². The molecule has 1 heterocycles. The Hall–Kier alpha value is -2.41. The first kappa shape index (κ1) is 17.9. The maximum absolute atomic E-state index is 12.0. The zero-order valence-corrected chi connectivity index (χ0v) is 14.9. The van der Waals surface area contributed by atoms with Gasteiger partial charge in [0, 0.05) is 36.6 Å². The van der Waals surface area contributed by atoms with Crippen LogP contribution >= 0.6 is 11.3 Å². The van der Waals surface area contributed by atoms with E-state index in [0.29, 0.717) is 24.3 Å². The van der Waals surface area contributed by atoms with Crippen LogP contribution in [0.25, 0.3) is 0 Å². The van der Waals surface area contributed by atoms with E-state index >= 15 is 0 Å². The quantitative estimate of drug-likeness (QED) is 0.750. The number of urea groups is 1. The minimum atomic E-state index is -0.274. The highest BCUT2D eigenvalue weighted by Gasteiger charge is 2.07. The van der Waals surface area contributed by atoms with E-state index in [0.717, 1.165) is 22.7 Å².